The highest BCUT2D eigenvalue weighted by atomic mass is 32.2. The van der Waals surface area contributed by atoms with Crippen molar-refractivity contribution < 1.29 is 23.5 Å². The molecule has 8 heteroatoms. The Morgan fingerprint density at radius 3 is 2.48 bits per heavy atom. The van der Waals surface area contributed by atoms with Gasteiger partial charge in [0.25, 0.3) is 5.91 Å². The first-order valence-corrected chi connectivity index (χ1v) is 8.26. The maximum absolute atomic E-state index is 12.7. The summed E-state index contributed by atoms with van der Waals surface area (Å²) in [4.78, 5) is 34.4. The van der Waals surface area contributed by atoms with Crippen LogP contribution in [0.15, 0.2) is 24.3 Å². The molecule has 0 aliphatic heterocycles. The Bertz CT molecular complexity index is 575. The summed E-state index contributed by atoms with van der Waals surface area (Å²) >= 11 is 1.08. The molecule has 23 heavy (non-hydrogen) atoms. The molecule has 0 spiro atoms. The largest absolute Gasteiger partial charge is 0.455 e. The monoisotopic (exact) mass is 340 g/mol. The highest BCUT2D eigenvalue weighted by Gasteiger charge is 2.23. The van der Waals surface area contributed by atoms with Crippen molar-refractivity contribution in [2.75, 3.05) is 23.4 Å². The van der Waals surface area contributed by atoms with E-state index in [-0.39, 0.29) is 41.8 Å². The van der Waals surface area contributed by atoms with Gasteiger partial charge >= 0.3 is 5.97 Å². The summed E-state index contributed by atoms with van der Waals surface area (Å²) in [7, 11) is 0. The van der Waals surface area contributed by atoms with Gasteiger partial charge in [-0.25, -0.2) is 4.39 Å². The maximum atomic E-state index is 12.7. The third-order valence-electron chi connectivity index (χ3n) is 2.89. The number of esters is 1. The van der Waals surface area contributed by atoms with Crippen molar-refractivity contribution in [3.8, 4) is 0 Å². The van der Waals surface area contributed by atoms with Gasteiger partial charge in [0.15, 0.2) is 6.61 Å². The van der Waals surface area contributed by atoms with Gasteiger partial charge in [-0.15, -0.1) is 11.8 Å². The lowest BCUT2D eigenvalue weighted by Gasteiger charge is -2.06. The number of carbonyl (C=O) groups excluding carboxylic acids is 3. The first kappa shape index (κ1) is 17.3. The maximum Gasteiger partial charge on any atom is 0.316 e. The molecule has 2 N–H and O–H groups in total. The average molecular weight is 340 g/mol. The molecule has 1 aliphatic rings. The molecule has 1 aliphatic carbocycles. The molecular formula is C15H17FN2O4S. The van der Waals surface area contributed by atoms with Gasteiger partial charge in [-0.05, 0) is 37.1 Å². The SMILES string of the molecule is O=C(CSCC(=O)OCC(=O)NC1CC1)Nc1ccc(F)cc1. The number of halogens is 1. The van der Waals surface area contributed by atoms with Crippen LogP contribution in [0.3, 0.4) is 0 Å². The van der Waals surface area contributed by atoms with E-state index in [0.29, 0.717) is 5.69 Å². The molecule has 1 aromatic rings. The first-order chi connectivity index (χ1) is 11.0. The van der Waals surface area contributed by atoms with Crippen LogP contribution in [-0.2, 0) is 19.1 Å². The number of anilines is 1. The van der Waals surface area contributed by atoms with Gasteiger partial charge in [-0.2, -0.15) is 0 Å². The summed E-state index contributed by atoms with van der Waals surface area (Å²) in [6.45, 7) is -0.294. The molecule has 1 fully saturated rings. The van der Waals surface area contributed by atoms with Crippen molar-refractivity contribution in [2.24, 2.45) is 0 Å². The summed E-state index contributed by atoms with van der Waals surface area (Å²) in [5.74, 6) is -1.50. The van der Waals surface area contributed by atoms with Crippen LogP contribution in [0, 0.1) is 5.82 Å². The van der Waals surface area contributed by atoms with Crippen molar-refractivity contribution in [2.45, 2.75) is 18.9 Å². The van der Waals surface area contributed by atoms with Crippen molar-refractivity contribution in [1.82, 2.24) is 5.32 Å². The fourth-order valence-corrected chi connectivity index (χ4v) is 2.25. The van der Waals surface area contributed by atoms with Crippen LogP contribution in [0.25, 0.3) is 0 Å². The van der Waals surface area contributed by atoms with Gasteiger partial charge < -0.3 is 15.4 Å². The summed E-state index contributed by atoms with van der Waals surface area (Å²) in [6.07, 6.45) is 1.94. The molecule has 6 nitrogen and oxygen atoms in total. The molecular weight excluding hydrogens is 323 g/mol. The summed E-state index contributed by atoms with van der Waals surface area (Å²) < 4.78 is 17.5. The number of amides is 2. The minimum absolute atomic E-state index is 0.0203. The fraction of sp³-hybridized carbons (Fsp3) is 0.400. The number of hydrogen-bond donors (Lipinski definition) is 2. The predicted octanol–water partition coefficient (Wildman–Crippen LogP) is 1.32. The number of benzene rings is 1. The van der Waals surface area contributed by atoms with Gasteiger partial charge in [0.1, 0.15) is 5.82 Å². The Hall–Kier alpha value is -2.09. The molecule has 1 saturated carbocycles. The summed E-state index contributed by atoms with van der Waals surface area (Å²) in [5.41, 5.74) is 0.483. The molecule has 2 rings (SSSR count). The number of thioether (sulfide) groups is 1. The minimum Gasteiger partial charge on any atom is -0.455 e. The van der Waals surface area contributed by atoms with Crippen LogP contribution in [0.2, 0.25) is 0 Å². The van der Waals surface area contributed by atoms with E-state index in [9.17, 15) is 18.8 Å². The van der Waals surface area contributed by atoms with Gasteiger partial charge in [-0.1, -0.05) is 0 Å². The highest BCUT2D eigenvalue weighted by Crippen LogP contribution is 2.18. The molecule has 2 amide bonds. The number of nitrogens with one attached hydrogen (secondary N) is 2. The average Bonchev–Trinajstić information content (AvgIpc) is 3.31. The smallest absolute Gasteiger partial charge is 0.316 e. The predicted molar refractivity (Wildman–Crippen MR) is 84.5 cm³/mol. The van der Waals surface area contributed by atoms with E-state index in [1.807, 2.05) is 0 Å². The lowest BCUT2D eigenvalue weighted by Crippen LogP contribution is -2.30. The van der Waals surface area contributed by atoms with E-state index in [1.54, 1.807) is 0 Å². The van der Waals surface area contributed by atoms with Gasteiger partial charge in [0.2, 0.25) is 5.91 Å². The normalized spacial score (nSPS) is 13.3. The molecule has 0 atom stereocenters. The van der Waals surface area contributed by atoms with Crippen LogP contribution in [-0.4, -0.2) is 41.9 Å². The van der Waals surface area contributed by atoms with E-state index in [0.717, 1.165) is 24.6 Å². The Balaban J connectivity index is 1.56. The second kappa shape index (κ2) is 8.52. The van der Waals surface area contributed by atoms with E-state index in [2.05, 4.69) is 10.6 Å². The fourth-order valence-electron chi connectivity index (χ4n) is 1.64. The third-order valence-corrected chi connectivity index (χ3v) is 3.79. The Morgan fingerprint density at radius 1 is 1.13 bits per heavy atom. The van der Waals surface area contributed by atoms with Crippen LogP contribution < -0.4 is 10.6 Å². The lowest BCUT2D eigenvalue weighted by molar-refractivity contribution is -0.145. The molecule has 0 radical (unpaired) electrons. The van der Waals surface area contributed by atoms with E-state index in [1.165, 1.54) is 24.3 Å². The zero-order valence-corrected chi connectivity index (χ0v) is 13.2. The third kappa shape index (κ3) is 7.14. The molecule has 0 unspecified atom stereocenters. The standard InChI is InChI=1S/C15H17FN2O4S/c16-10-1-3-11(4-2-10)18-14(20)8-23-9-15(21)22-7-13(19)17-12-5-6-12/h1-4,12H,5-9H2,(H,17,19)(H,18,20). The number of rotatable bonds is 8. The molecule has 0 heterocycles. The summed E-state index contributed by atoms with van der Waals surface area (Å²) in [5, 5.41) is 5.28. The van der Waals surface area contributed by atoms with Crippen molar-refractivity contribution in [1.29, 1.82) is 0 Å². The Morgan fingerprint density at radius 2 is 1.83 bits per heavy atom. The van der Waals surface area contributed by atoms with Crippen molar-refractivity contribution in [3.05, 3.63) is 30.1 Å². The second-order valence-corrected chi connectivity index (χ2v) is 6.04. The van der Waals surface area contributed by atoms with Crippen molar-refractivity contribution in [3.63, 3.8) is 0 Å². The van der Waals surface area contributed by atoms with Crippen molar-refractivity contribution >= 4 is 35.2 Å². The van der Waals surface area contributed by atoms with Crippen LogP contribution in [0.1, 0.15) is 12.8 Å². The van der Waals surface area contributed by atoms with Crippen LogP contribution >= 0.6 is 11.8 Å². The van der Waals surface area contributed by atoms with E-state index >= 15 is 0 Å². The molecule has 0 aromatic heterocycles. The zero-order valence-electron chi connectivity index (χ0n) is 12.3. The zero-order chi connectivity index (χ0) is 16.7. The van der Waals surface area contributed by atoms with Gasteiger partial charge in [0.05, 0.1) is 11.5 Å². The molecule has 0 saturated heterocycles. The first-order valence-electron chi connectivity index (χ1n) is 7.11. The molecule has 1 aromatic carbocycles. The van der Waals surface area contributed by atoms with Gasteiger partial charge in [0, 0.05) is 11.7 Å². The lowest BCUT2D eigenvalue weighted by atomic mass is 10.3. The number of carbonyl (C=O) groups is 3. The minimum atomic E-state index is -0.546. The van der Waals surface area contributed by atoms with Crippen LogP contribution in [0.4, 0.5) is 10.1 Å². The summed E-state index contributed by atoms with van der Waals surface area (Å²) in [6, 6.07) is 5.61. The second-order valence-electron chi connectivity index (χ2n) is 5.05. The van der Waals surface area contributed by atoms with E-state index < -0.39 is 5.97 Å². The topological polar surface area (TPSA) is 84.5 Å². The van der Waals surface area contributed by atoms with E-state index in [4.69, 9.17) is 4.74 Å². The molecule has 0 bridgehead atoms. The number of hydrogen-bond acceptors (Lipinski definition) is 5. The number of ether oxygens (including phenoxy) is 1. The Kier molecular flexibility index (Phi) is 6.40. The highest BCUT2D eigenvalue weighted by molar-refractivity contribution is 8.00. The quantitative estimate of drug-likeness (QED) is 0.697. The Labute approximate surface area is 137 Å². The van der Waals surface area contributed by atoms with Crippen LogP contribution in [0.5, 0.6) is 0 Å². The molecule has 124 valence electrons. The van der Waals surface area contributed by atoms with Gasteiger partial charge in [-0.3, -0.25) is 14.4 Å².